The summed E-state index contributed by atoms with van der Waals surface area (Å²) in [5, 5.41) is 11.7. The van der Waals surface area contributed by atoms with Gasteiger partial charge in [-0.1, -0.05) is 0 Å². The number of methoxy groups -OCH3 is 1. The molecule has 1 rings (SSSR count). The van der Waals surface area contributed by atoms with Crippen LogP contribution in [0.1, 0.15) is 5.56 Å². The molecule has 1 atom stereocenters. The van der Waals surface area contributed by atoms with Crippen LogP contribution in [0.4, 0.5) is 8.78 Å². The van der Waals surface area contributed by atoms with Gasteiger partial charge < -0.3 is 15.2 Å². The van der Waals surface area contributed by atoms with Crippen LogP contribution in [0.2, 0.25) is 0 Å². The summed E-state index contributed by atoms with van der Waals surface area (Å²) in [5.41, 5.74) is -0.0197. The van der Waals surface area contributed by atoms with Crippen molar-refractivity contribution in [2.24, 2.45) is 0 Å². The Kier molecular flexibility index (Phi) is 5.67. The number of carbonyl (C=O) groups is 1. The molecule has 6 heteroatoms. The zero-order valence-electron chi connectivity index (χ0n) is 9.95. The first-order valence-corrected chi connectivity index (χ1v) is 5.40. The van der Waals surface area contributed by atoms with Gasteiger partial charge in [0.1, 0.15) is 11.6 Å². The van der Waals surface area contributed by atoms with Crippen molar-refractivity contribution in [2.75, 3.05) is 20.3 Å². The van der Waals surface area contributed by atoms with E-state index in [0.29, 0.717) is 0 Å². The lowest BCUT2D eigenvalue weighted by Crippen LogP contribution is -2.35. The molecule has 18 heavy (non-hydrogen) atoms. The second-order valence-corrected chi connectivity index (χ2v) is 3.83. The summed E-state index contributed by atoms with van der Waals surface area (Å²) in [6, 6.07) is 2.93. The predicted molar refractivity (Wildman–Crippen MR) is 61.0 cm³/mol. The maximum absolute atomic E-state index is 13.2. The SMILES string of the molecule is COCC(O)CNC(=O)Cc1cc(F)ccc1F. The summed E-state index contributed by atoms with van der Waals surface area (Å²) in [7, 11) is 1.42. The van der Waals surface area contributed by atoms with Gasteiger partial charge in [0.25, 0.3) is 0 Å². The van der Waals surface area contributed by atoms with Crippen LogP contribution in [-0.2, 0) is 16.0 Å². The molecule has 0 heterocycles. The first kappa shape index (κ1) is 14.5. The van der Waals surface area contributed by atoms with E-state index in [-0.39, 0.29) is 25.1 Å². The number of aliphatic hydroxyl groups is 1. The molecule has 2 N–H and O–H groups in total. The largest absolute Gasteiger partial charge is 0.389 e. The van der Waals surface area contributed by atoms with Crippen molar-refractivity contribution in [3.63, 3.8) is 0 Å². The molecule has 0 bridgehead atoms. The van der Waals surface area contributed by atoms with E-state index < -0.39 is 23.6 Å². The second-order valence-electron chi connectivity index (χ2n) is 3.83. The van der Waals surface area contributed by atoms with Crippen LogP contribution in [-0.4, -0.2) is 37.4 Å². The average molecular weight is 259 g/mol. The Morgan fingerprint density at radius 3 is 2.89 bits per heavy atom. The zero-order chi connectivity index (χ0) is 13.5. The highest BCUT2D eigenvalue weighted by Gasteiger charge is 2.11. The van der Waals surface area contributed by atoms with Gasteiger partial charge in [0, 0.05) is 19.2 Å². The number of rotatable bonds is 6. The predicted octanol–water partition coefficient (Wildman–Crippen LogP) is 0.631. The summed E-state index contributed by atoms with van der Waals surface area (Å²) >= 11 is 0. The first-order valence-electron chi connectivity index (χ1n) is 5.40. The van der Waals surface area contributed by atoms with Crippen LogP contribution in [0.5, 0.6) is 0 Å². The monoisotopic (exact) mass is 259 g/mol. The molecule has 0 saturated carbocycles. The number of benzene rings is 1. The highest BCUT2D eigenvalue weighted by Crippen LogP contribution is 2.10. The third kappa shape index (κ3) is 4.77. The Hall–Kier alpha value is -1.53. The highest BCUT2D eigenvalue weighted by molar-refractivity contribution is 5.78. The van der Waals surface area contributed by atoms with Gasteiger partial charge in [-0.05, 0) is 18.2 Å². The topological polar surface area (TPSA) is 58.6 Å². The normalized spacial score (nSPS) is 12.2. The third-order valence-corrected chi connectivity index (χ3v) is 2.25. The van der Waals surface area contributed by atoms with Crippen LogP contribution < -0.4 is 5.32 Å². The van der Waals surface area contributed by atoms with Crippen LogP contribution in [0, 0.1) is 11.6 Å². The molecular weight excluding hydrogens is 244 g/mol. The Labute approximate surface area is 104 Å². The van der Waals surface area contributed by atoms with Crippen molar-refractivity contribution in [3.05, 3.63) is 35.4 Å². The van der Waals surface area contributed by atoms with Crippen LogP contribution in [0.25, 0.3) is 0 Å². The van der Waals surface area contributed by atoms with E-state index in [1.165, 1.54) is 7.11 Å². The van der Waals surface area contributed by atoms with Crippen molar-refractivity contribution < 1.29 is 23.4 Å². The number of amides is 1. The fraction of sp³-hybridized carbons (Fsp3) is 0.417. The van der Waals surface area contributed by atoms with E-state index in [0.717, 1.165) is 18.2 Å². The maximum atomic E-state index is 13.2. The lowest BCUT2D eigenvalue weighted by atomic mass is 10.1. The molecular formula is C12H15F2NO3. The summed E-state index contributed by atoms with van der Waals surface area (Å²) in [5.74, 6) is -1.72. The average Bonchev–Trinajstić information content (AvgIpc) is 2.32. The Morgan fingerprint density at radius 1 is 1.50 bits per heavy atom. The summed E-state index contributed by atoms with van der Waals surface area (Å²) in [6.45, 7) is 0.0955. The van der Waals surface area contributed by atoms with Gasteiger partial charge >= 0.3 is 0 Å². The van der Waals surface area contributed by atoms with Crippen LogP contribution in [0.3, 0.4) is 0 Å². The number of hydrogen-bond acceptors (Lipinski definition) is 3. The van der Waals surface area contributed by atoms with E-state index in [4.69, 9.17) is 0 Å². The van der Waals surface area contributed by atoms with Gasteiger partial charge in [-0.25, -0.2) is 8.78 Å². The van der Waals surface area contributed by atoms with E-state index in [9.17, 15) is 18.7 Å². The number of ether oxygens (including phenoxy) is 1. The first-order chi connectivity index (χ1) is 8.52. The van der Waals surface area contributed by atoms with Crippen LogP contribution in [0.15, 0.2) is 18.2 Å². The lowest BCUT2D eigenvalue weighted by molar-refractivity contribution is -0.121. The van der Waals surface area contributed by atoms with Crippen molar-refractivity contribution in [3.8, 4) is 0 Å². The van der Waals surface area contributed by atoms with Gasteiger partial charge in [0.05, 0.1) is 19.1 Å². The number of aliphatic hydroxyl groups excluding tert-OH is 1. The number of carbonyl (C=O) groups excluding carboxylic acids is 1. The molecule has 0 aromatic heterocycles. The van der Waals surface area contributed by atoms with Gasteiger partial charge in [0.15, 0.2) is 0 Å². The Morgan fingerprint density at radius 2 is 2.22 bits per heavy atom. The van der Waals surface area contributed by atoms with Crippen molar-refractivity contribution >= 4 is 5.91 Å². The quantitative estimate of drug-likeness (QED) is 0.788. The van der Waals surface area contributed by atoms with E-state index >= 15 is 0 Å². The number of nitrogens with one attached hydrogen (secondary N) is 1. The summed E-state index contributed by atoms with van der Waals surface area (Å²) in [6.07, 6.45) is -1.10. The molecule has 0 fully saturated rings. The van der Waals surface area contributed by atoms with Gasteiger partial charge in [-0.15, -0.1) is 0 Å². The molecule has 100 valence electrons. The highest BCUT2D eigenvalue weighted by atomic mass is 19.1. The summed E-state index contributed by atoms with van der Waals surface area (Å²) < 4.78 is 30.8. The van der Waals surface area contributed by atoms with Crippen LogP contribution >= 0.6 is 0 Å². The summed E-state index contributed by atoms with van der Waals surface area (Å²) in [4.78, 5) is 11.4. The maximum Gasteiger partial charge on any atom is 0.224 e. The van der Waals surface area contributed by atoms with Gasteiger partial charge in [0.2, 0.25) is 5.91 Å². The Bertz CT molecular complexity index is 412. The molecule has 0 aliphatic heterocycles. The minimum absolute atomic E-state index is 0.00358. The molecule has 1 amide bonds. The van der Waals surface area contributed by atoms with Crippen molar-refractivity contribution in [1.82, 2.24) is 5.32 Å². The minimum Gasteiger partial charge on any atom is -0.389 e. The van der Waals surface area contributed by atoms with Gasteiger partial charge in [-0.2, -0.15) is 0 Å². The van der Waals surface area contributed by atoms with E-state index in [1.54, 1.807) is 0 Å². The molecule has 0 aliphatic carbocycles. The molecule has 4 nitrogen and oxygen atoms in total. The smallest absolute Gasteiger partial charge is 0.224 e. The fourth-order valence-electron chi connectivity index (χ4n) is 1.40. The standard InChI is InChI=1S/C12H15F2NO3/c1-18-7-10(16)6-15-12(17)5-8-4-9(13)2-3-11(8)14/h2-4,10,16H,5-7H2,1H3,(H,15,17). The number of halogens is 2. The lowest BCUT2D eigenvalue weighted by Gasteiger charge is -2.11. The van der Waals surface area contributed by atoms with Crippen molar-refractivity contribution in [2.45, 2.75) is 12.5 Å². The third-order valence-electron chi connectivity index (χ3n) is 2.25. The molecule has 1 unspecified atom stereocenters. The molecule has 0 aliphatic rings. The minimum atomic E-state index is -0.823. The fourth-order valence-corrected chi connectivity index (χ4v) is 1.40. The zero-order valence-corrected chi connectivity index (χ0v) is 9.95. The molecule has 1 aromatic rings. The Balaban J connectivity index is 2.47. The van der Waals surface area contributed by atoms with Gasteiger partial charge in [-0.3, -0.25) is 4.79 Å². The second kappa shape index (κ2) is 7.03. The molecule has 0 spiro atoms. The number of hydrogen-bond donors (Lipinski definition) is 2. The van der Waals surface area contributed by atoms with E-state index in [2.05, 4.69) is 10.1 Å². The van der Waals surface area contributed by atoms with E-state index in [1.807, 2.05) is 0 Å². The molecule has 0 saturated heterocycles. The van der Waals surface area contributed by atoms with Crippen molar-refractivity contribution in [1.29, 1.82) is 0 Å². The molecule has 0 radical (unpaired) electrons. The molecule has 1 aromatic carbocycles.